The molecule has 2 heterocycles. The van der Waals surface area contributed by atoms with Gasteiger partial charge in [-0.1, -0.05) is 24.3 Å². The van der Waals surface area contributed by atoms with Crippen molar-refractivity contribution in [2.45, 2.75) is 43.9 Å². The highest BCUT2D eigenvalue weighted by molar-refractivity contribution is 5.91. The molecule has 1 N–H and O–H groups in total. The number of furan rings is 1. The van der Waals surface area contributed by atoms with Crippen LogP contribution >= 0.6 is 0 Å². The Morgan fingerprint density at radius 1 is 1.19 bits per heavy atom. The number of piperidine rings is 1. The summed E-state index contributed by atoms with van der Waals surface area (Å²) in [4.78, 5) is 26.6. The molecule has 1 saturated heterocycles. The molecule has 4 rings (SSSR count). The highest BCUT2D eigenvalue weighted by Crippen LogP contribution is 2.52. The highest BCUT2D eigenvalue weighted by atomic mass is 16.3. The van der Waals surface area contributed by atoms with E-state index in [4.69, 9.17) is 4.42 Å². The smallest absolute Gasteiger partial charge is 0.289 e. The number of amides is 2. The number of hydrogen-bond acceptors (Lipinski definition) is 3. The number of carbonyl (C=O) groups excluding carboxylic acids is 2. The minimum atomic E-state index is -0.0221. The van der Waals surface area contributed by atoms with Crippen LogP contribution in [0.25, 0.3) is 0 Å². The summed E-state index contributed by atoms with van der Waals surface area (Å²) >= 11 is 0. The number of nitrogens with zero attached hydrogens (tertiary/aromatic N) is 1. The molecule has 142 valence electrons. The third-order valence-electron chi connectivity index (χ3n) is 6.28. The summed E-state index contributed by atoms with van der Waals surface area (Å²) in [5, 5.41) is 2.75. The van der Waals surface area contributed by atoms with Crippen molar-refractivity contribution in [1.82, 2.24) is 10.2 Å². The molecule has 5 heteroatoms. The Morgan fingerprint density at radius 2 is 1.93 bits per heavy atom. The summed E-state index contributed by atoms with van der Waals surface area (Å²) in [5.41, 5.74) is 2.76. The van der Waals surface area contributed by atoms with Gasteiger partial charge in [0.05, 0.1) is 0 Å². The fourth-order valence-corrected chi connectivity index (χ4v) is 4.85. The fourth-order valence-electron chi connectivity index (χ4n) is 4.85. The van der Waals surface area contributed by atoms with Gasteiger partial charge in [0, 0.05) is 26.6 Å². The fraction of sp³-hybridized carbons (Fsp3) is 0.455. The van der Waals surface area contributed by atoms with Gasteiger partial charge in [0.2, 0.25) is 5.91 Å². The standard InChI is InChI=1S/C22H26N2O3/c1-15-7-8-19(27-15)21(26)24-11-9-22(10-12-24)14-16(13-20(25)23-2)17-5-3-4-6-18(17)22/h3-8,16H,9-14H2,1-2H3,(H,23,25). The number of nitrogens with one attached hydrogen (secondary N) is 1. The normalized spacial score (nSPS) is 20.5. The van der Waals surface area contributed by atoms with Crippen molar-refractivity contribution < 1.29 is 14.0 Å². The van der Waals surface area contributed by atoms with Crippen LogP contribution in [0.3, 0.4) is 0 Å². The molecule has 5 nitrogen and oxygen atoms in total. The molecule has 1 aromatic carbocycles. The number of likely N-dealkylation sites (tertiary alicyclic amines) is 1. The summed E-state index contributed by atoms with van der Waals surface area (Å²) in [5.74, 6) is 1.51. The van der Waals surface area contributed by atoms with Gasteiger partial charge in [0.25, 0.3) is 5.91 Å². The molecule has 2 amide bonds. The van der Waals surface area contributed by atoms with E-state index >= 15 is 0 Å². The maximum absolute atomic E-state index is 12.7. The molecule has 27 heavy (non-hydrogen) atoms. The summed E-state index contributed by atoms with van der Waals surface area (Å²) < 4.78 is 5.51. The number of aryl methyl sites for hydroxylation is 1. The predicted molar refractivity (Wildman–Crippen MR) is 103 cm³/mol. The predicted octanol–water partition coefficient (Wildman–Crippen LogP) is 3.39. The minimum absolute atomic E-state index is 0.0221. The molecule has 1 aliphatic carbocycles. The van der Waals surface area contributed by atoms with Crippen LogP contribution in [0.2, 0.25) is 0 Å². The zero-order chi connectivity index (χ0) is 19.0. The summed E-state index contributed by atoms with van der Waals surface area (Å²) in [6.07, 6.45) is 3.38. The van der Waals surface area contributed by atoms with Gasteiger partial charge in [-0.2, -0.15) is 0 Å². The Labute approximate surface area is 159 Å². The molecule has 1 aliphatic heterocycles. The van der Waals surface area contributed by atoms with Gasteiger partial charge in [0.1, 0.15) is 5.76 Å². The number of benzene rings is 1. The second-order valence-electron chi connectivity index (χ2n) is 7.85. The Balaban J connectivity index is 1.52. The minimum Gasteiger partial charge on any atom is -0.456 e. The first-order chi connectivity index (χ1) is 13.0. The molecule has 0 saturated carbocycles. The van der Waals surface area contributed by atoms with E-state index in [9.17, 15) is 9.59 Å². The molecule has 0 bridgehead atoms. The Morgan fingerprint density at radius 3 is 2.59 bits per heavy atom. The van der Waals surface area contributed by atoms with Crippen LogP contribution in [0, 0.1) is 6.92 Å². The summed E-state index contributed by atoms with van der Waals surface area (Å²) in [6.45, 7) is 3.29. The number of carbonyl (C=O) groups is 2. The SMILES string of the molecule is CNC(=O)CC1CC2(CCN(C(=O)c3ccc(C)o3)CC2)c2ccccc21. The van der Waals surface area contributed by atoms with Crippen LogP contribution < -0.4 is 5.32 Å². The zero-order valence-corrected chi connectivity index (χ0v) is 16.0. The first-order valence-electron chi connectivity index (χ1n) is 9.68. The van der Waals surface area contributed by atoms with Crippen LogP contribution in [0.5, 0.6) is 0 Å². The number of fused-ring (bicyclic) bond motifs is 2. The lowest BCUT2D eigenvalue weighted by atomic mass is 9.73. The number of hydrogen-bond donors (Lipinski definition) is 1. The van der Waals surface area contributed by atoms with E-state index in [1.54, 1.807) is 13.1 Å². The van der Waals surface area contributed by atoms with Gasteiger partial charge < -0.3 is 14.6 Å². The van der Waals surface area contributed by atoms with Crippen LogP contribution in [-0.2, 0) is 10.2 Å². The third kappa shape index (κ3) is 3.15. The molecular weight excluding hydrogens is 340 g/mol. The van der Waals surface area contributed by atoms with Crippen LogP contribution in [-0.4, -0.2) is 36.9 Å². The molecule has 1 unspecified atom stereocenters. The molecule has 2 aliphatic rings. The lowest BCUT2D eigenvalue weighted by Gasteiger charge is -2.40. The lowest BCUT2D eigenvalue weighted by molar-refractivity contribution is -0.121. The van der Waals surface area contributed by atoms with Gasteiger partial charge in [-0.05, 0) is 60.8 Å². The quantitative estimate of drug-likeness (QED) is 0.906. The van der Waals surface area contributed by atoms with Crippen molar-refractivity contribution in [2.75, 3.05) is 20.1 Å². The molecular formula is C22H26N2O3. The Hall–Kier alpha value is -2.56. The largest absolute Gasteiger partial charge is 0.456 e. The lowest BCUT2D eigenvalue weighted by Crippen LogP contribution is -2.44. The molecule has 1 fully saturated rings. The second-order valence-corrected chi connectivity index (χ2v) is 7.85. The van der Waals surface area contributed by atoms with Crippen molar-refractivity contribution in [3.8, 4) is 0 Å². The number of rotatable bonds is 3. The van der Waals surface area contributed by atoms with Crippen molar-refractivity contribution in [2.24, 2.45) is 0 Å². The second kappa shape index (κ2) is 6.87. The van der Waals surface area contributed by atoms with Crippen LogP contribution in [0.15, 0.2) is 40.8 Å². The van der Waals surface area contributed by atoms with Gasteiger partial charge in [-0.3, -0.25) is 9.59 Å². The van der Waals surface area contributed by atoms with Gasteiger partial charge in [-0.15, -0.1) is 0 Å². The van der Waals surface area contributed by atoms with Crippen molar-refractivity contribution in [1.29, 1.82) is 0 Å². The van der Waals surface area contributed by atoms with Gasteiger partial charge in [-0.25, -0.2) is 0 Å². The van der Waals surface area contributed by atoms with E-state index in [1.165, 1.54) is 11.1 Å². The van der Waals surface area contributed by atoms with Gasteiger partial charge in [0.15, 0.2) is 5.76 Å². The Kier molecular flexibility index (Phi) is 4.54. The highest BCUT2D eigenvalue weighted by Gasteiger charge is 2.46. The average molecular weight is 366 g/mol. The molecule has 1 aromatic heterocycles. The first-order valence-corrected chi connectivity index (χ1v) is 9.68. The van der Waals surface area contributed by atoms with E-state index < -0.39 is 0 Å². The van der Waals surface area contributed by atoms with Crippen molar-refractivity contribution in [3.05, 3.63) is 59.0 Å². The summed E-state index contributed by atoms with van der Waals surface area (Å²) in [6, 6.07) is 12.1. The first kappa shape index (κ1) is 17.8. The topological polar surface area (TPSA) is 62.6 Å². The van der Waals surface area contributed by atoms with E-state index in [2.05, 4.69) is 29.6 Å². The molecule has 1 atom stereocenters. The maximum atomic E-state index is 12.7. The van der Waals surface area contributed by atoms with Crippen LogP contribution in [0.4, 0.5) is 0 Å². The maximum Gasteiger partial charge on any atom is 0.289 e. The summed E-state index contributed by atoms with van der Waals surface area (Å²) in [7, 11) is 1.69. The van der Waals surface area contributed by atoms with E-state index in [1.807, 2.05) is 17.9 Å². The van der Waals surface area contributed by atoms with Crippen molar-refractivity contribution >= 4 is 11.8 Å². The average Bonchev–Trinajstić information content (AvgIpc) is 3.25. The molecule has 0 radical (unpaired) electrons. The van der Waals surface area contributed by atoms with Crippen molar-refractivity contribution in [3.63, 3.8) is 0 Å². The molecule has 1 spiro atoms. The van der Waals surface area contributed by atoms with E-state index in [0.717, 1.165) is 38.1 Å². The van der Waals surface area contributed by atoms with E-state index in [-0.39, 0.29) is 23.1 Å². The molecule has 2 aromatic rings. The Bertz CT molecular complexity index is 862. The zero-order valence-electron chi connectivity index (χ0n) is 16.0. The van der Waals surface area contributed by atoms with Gasteiger partial charge >= 0.3 is 0 Å². The van der Waals surface area contributed by atoms with Crippen LogP contribution in [0.1, 0.15) is 59.0 Å². The monoisotopic (exact) mass is 366 g/mol. The van der Waals surface area contributed by atoms with E-state index in [0.29, 0.717) is 12.2 Å². The third-order valence-corrected chi connectivity index (χ3v) is 6.28.